The fourth-order valence-electron chi connectivity index (χ4n) is 1.96. The van der Waals surface area contributed by atoms with Crippen molar-refractivity contribution in [1.29, 1.82) is 0 Å². The first-order valence-corrected chi connectivity index (χ1v) is 8.09. The zero-order chi connectivity index (χ0) is 16.8. The third-order valence-corrected chi connectivity index (χ3v) is 3.34. The standard InChI is InChI=1S/C10H22.C8H6O4/c1-3-5-7-9-10-8-6-4-2;9-7(10)5-1-2-6(4-3-5)8(11)12/h3-10H2,1-2H3;1-4H,(H,9,10)(H,11,12). The molecule has 124 valence electrons. The first-order valence-electron chi connectivity index (χ1n) is 8.09. The molecule has 4 heteroatoms. The van der Waals surface area contributed by atoms with Crippen molar-refractivity contribution >= 4 is 11.9 Å². The molecule has 0 bridgehead atoms. The van der Waals surface area contributed by atoms with Crippen LogP contribution in [0, 0.1) is 0 Å². The fraction of sp³-hybridized carbons (Fsp3) is 0.556. The summed E-state index contributed by atoms with van der Waals surface area (Å²) in [5, 5.41) is 16.9. The first kappa shape index (κ1) is 20.2. The molecule has 0 saturated carbocycles. The molecule has 1 aromatic carbocycles. The van der Waals surface area contributed by atoms with E-state index in [1.807, 2.05) is 0 Å². The highest BCUT2D eigenvalue weighted by atomic mass is 16.4. The van der Waals surface area contributed by atoms with Crippen LogP contribution >= 0.6 is 0 Å². The van der Waals surface area contributed by atoms with Gasteiger partial charge in [-0.1, -0.05) is 65.2 Å². The van der Waals surface area contributed by atoms with Crippen LogP contribution < -0.4 is 0 Å². The number of carbonyl (C=O) groups is 2. The van der Waals surface area contributed by atoms with Crippen LogP contribution in [0.3, 0.4) is 0 Å². The average molecular weight is 308 g/mol. The number of aromatic carboxylic acids is 2. The van der Waals surface area contributed by atoms with Gasteiger partial charge in [0.05, 0.1) is 11.1 Å². The Bertz CT molecular complexity index is 382. The van der Waals surface area contributed by atoms with Gasteiger partial charge in [0.25, 0.3) is 0 Å². The Labute approximate surface area is 133 Å². The highest BCUT2D eigenvalue weighted by molar-refractivity contribution is 5.91. The van der Waals surface area contributed by atoms with Gasteiger partial charge >= 0.3 is 11.9 Å². The summed E-state index contributed by atoms with van der Waals surface area (Å²) in [6, 6.07) is 5.02. The number of benzene rings is 1. The number of rotatable bonds is 9. The summed E-state index contributed by atoms with van der Waals surface area (Å²) in [6.45, 7) is 4.54. The molecule has 2 N–H and O–H groups in total. The van der Waals surface area contributed by atoms with Crippen molar-refractivity contribution < 1.29 is 19.8 Å². The Morgan fingerprint density at radius 2 is 0.955 bits per heavy atom. The van der Waals surface area contributed by atoms with E-state index in [1.165, 1.54) is 75.6 Å². The van der Waals surface area contributed by atoms with E-state index in [4.69, 9.17) is 10.2 Å². The summed E-state index contributed by atoms with van der Waals surface area (Å²) >= 11 is 0. The largest absolute Gasteiger partial charge is 0.478 e. The molecule has 0 atom stereocenters. The summed E-state index contributed by atoms with van der Waals surface area (Å²) in [5.74, 6) is -2.13. The predicted octanol–water partition coefficient (Wildman–Crippen LogP) is 5.23. The van der Waals surface area contributed by atoms with E-state index in [0.29, 0.717) is 0 Å². The monoisotopic (exact) mass is 308 g/mol. The van der Waals surface area contributed by atoms with Gasteiger partial charge in [-0.25, -0.2) is 9.59 Å². The second-order valence-corrected chi connectivity index (χ2v) is 5.31. The number of carboxylic acid groups (broad SMARTS) is 2. The van der Waals surface area contributed by atoms with Crippen molar-refractivity contribution in [3.05, 3.63) is 35.4 Å². The maximum atomic E-state index is 10.3. The molecule has 1 rings (SSSR count). The quantitative estimate of drug-likeness (QED) is 0.612. The molecule has 4 nitrogen and oxygen atoms in total. The molecule has 0 fully saturated rings. The molecule has 0 radical (unpaired) electrons. The predicted molar refractivity (Wildman–Crippen MR) is 88.6 cm³/mol. The maximum absolute atomic E-state index is 10.3. The smallest absolute Gasteiger partial charge is 0.335 e. The zero-order valence-corrected chi connectivity index (χ0v) is 13.7. The molecule has 0 unspecified atom stereocenters. The Morgan fingerprint density at radius 1 is 0.682 bits per heavy atom. The molecule has 0 saturated heterocycles. The van der Waals surface area contributed by atoms with Crippen LogP contribution in [0.5, 0.6) is 0 Å². The minimum Gasteiger partial charge on any atom is -0.478 e. The lowest BCUT2D eigenvalue weighted by Gasteiger charge is -1.97. The van der Waals surface area contributed by atoms with Gasteiger partial charge in [-0.2, -0.15) is 0 Å². The molecule has 22 heavy (non-hydrogen) atoms. The average Bonchev–Trinajstić information content (AvgIpc) is 2.51. The Balaban J connectivity index is 0.000000409. The lowest BCUT2D eigenvalue weighted by Crippen LogP contribution is -1.99. The van der Waals surface area contributed by atoms with Gasteiger partial charge in [-0.15, -0.1) is 0 Å². The highest BCUT2D eigenvalue weighted by Gasteiger charge is 2.04. The van der Waals surface area contributed by atoms with Crippen LogP contribution in [0.4, 0.5) is 0 Å². The van der Waals surface area contributed by atoms with Crippen LogP contribution in [0.15, 0.2) is 24.3 Å². The summed E-state index contributed by atoms with van der Waals surface area (Å²) in [4.78, 5) is 20.7. The molecular formula is C18H28O4. The second-order valence-electron chi connectivity index (χ2n) is 5.31. The van der Waals surface area contributed by atoms with Gasteiger partial charge < -0.3 is 10.2 Å². The zero-order valence-electron chi connectivity index (χ0n) is 13.7. The van der Waals surface area contributed by atoms with Gasteiger partial charge in [-0.05, 0) is 24.3 Å². The molecule has 0 amide bonds. The van der Waals surface area contributed by atoms with Crippen molar-refractivity contribution in [2.45, 2.75) is 65.2 Å². The normalized spacial score (nSPS) is 9.73. The summed E-state index contributed by atoms with van der Waals surface area (Å²) < 4.78 is 0. The molecule has 0 aliphatic rings. The van der Waals surface area contributed by atoms with Crippen LogP contribution in [-0.4, -0.2) is 22.2 Å². The minimum absolute atomic E-state index is 0.0833. The second kappa shape index (κ2) is 12.9. The molecule has 1 aromatic rings. The number of hydrogen-bond donors (Lipinski definition) is 2. The lowest BCUT2D eigenvalue weighted by molar-refractivity contribution is 0.0681. The Morgan fingerprint density at radius 3 is 1.18 bits per heavy atom. The van der Waals surface area contributed by atoms with Crippen LogP contribution in [0.1, 0.15) is 85.9 Å². The van der Waals surface area contributed by atoms with E-state index < -0.39 is 11.9 Å². The Kier molecular flexibility index (Phi) is 11.8. The number of unbranched alkanes of at least 4 members (excludes halogenated alkanes) is 7. The molecule has 0 spiro atoms. The maximum Gasteiger partial charge on any atom is 0.335 e. The SMILES string of the molecule is CCCCCCCCCC.O=C(O)c1ccc(C(=O)O)cc1. The Hall–Kier alpha value is -1.84. The molecule has 0 aliphatic carbocycles. The highest BCUT2D eigenvalue weighted by Crippen LogP contribution is 2.07. The third kappa shape index (κ3) is 9.97. The van der Waals surface area contributed by atoms with Gasteiger partial charge in [0.15, 0.2) is 0 Å². The summed E-state index contributed by atoms with van der Waals surface area (Å²) in [5.41, 5.74) is 0.167. The van der Waals surface area contributed by atoms with Crippen molar-refractivity contribution in [2.75, 3.05) is 0 Å². The van der Waals surface area contributed by atoms with E-state index >= 15 is 0 Å². The van der Waals surface area contributed by atoms with Gasteiger partial charge in [-0.3, -0.25) is 0 Å². The van der Waals surface area contributed by atoms with Gasteiger partial charge in [0.1, 0.15) is 0 Å². The molecular weight excluding hydrogens is 280 g/mol. The van der Waals surface area contributed by atoms with Gasteiger partial charge in [0.2, 0.25) is 0 Å². The van der Waals surface area contributed by atoms with Crippen LogP contribution in [0.2, 0.25) is 0 Å². The lowest BCUT2D eigenvalue weighted by atomic mass is 10.1. The number of carboxylic acids is 2. The molecule has 0 aliphatic heterocycles. The first-order chi connectivity index (χ1) is 10.5. The van der Waals surface area contributed by atoms with Crippen molar-refractivity contribution in [1.82, 2.24) is 0 Å². The topological polar surface area (TPSA) is 74.6 Å². The van der Waals surface area contributed by atoms with E-state index in [1.54, 1.807) is 0 Å². The molecule has 0 heterocycles. The van der Waals surface area contributed by atoms with E-state index in [2.05, 4.69) is 13.8 Å². The summed E-state index contributed by atoms with van der Waals surface area (Å²) in [7, 11) is 0. The number of hydrogen-bond acceptors (Lipinski definition) is 2. The van der Waals surface area contributed by atoms with Gasteiger partial charge in [0, 0.05) is 0 Å². The van der Waals surface area contributed by atoms with Crippen LogP contribution in [0.25, 0.3) is 0 Å². The van der Waals surface area contributed by atoms with Crippen molar-refractivity contribution in [2.24, 2.45) is 0 Å². The van der Waals surface area contributed by atoms with E-state index in [-0.39, 0.29) is 11.1 Å². The van der Waals surface area contributed by atoms with Crippen molar-refractivity contribution in [3.63, 3.8) is 0 Å². The van der Waals surface area contributed by atoms with Crippen molar-refractivity contribution in [3.8, 4) is 0 Å². The van der Waals surface area contributed by atoms with Crippen LogP contribution in [-0.2, 0) is 0 Å². The van der Waals surface area contributed by atoms with E-state index in [9.17, 15) is 9.59 Å². The van der Waals surface area contributed by atoms with E-state index in [0.717, 1.165) is 0 Å². The minimum atomic E-state index is -1.06. The fourth-order valence-corrected chi connectivity index (χ4v) is 1.96. The molecule has 0 aromatic heterocycles. The summed E-state index contributed by atoms with van der Waals surface area (Å²) in [6.07, 6.45) is 11.5. The third-order valence-electron chi connectivity index (χ3n) is 3.34.